The van der Waals surface area contributed by atoms with Gasteiger partial charge in [0, 0.05) is 17.1 Å². The summed E-state index contributed by atoms with van der Waals surface area (Å²) in [5.41, 5.74) is -5.59. The highest BCUT2D eigenvalue weighted by atomic mass is 35.5. The molecule has 1 aliphatic carbocycles. The number of anilines is 1. The lowest BCUT2D eigenvalue weighted by molar-refractivity contribution is -0.0450. The summed E-state index contributed by atoms with van der Waals surface area (Å²) in [6.07, 6.45) is 1.50. The first-order valence-corrected chi connectivity index (χ1v) is 16.3. The highest BCUT2D eigenvalue weighted by Crippen LogP contribution is 2.38. The summed E-state index contributed by atoms with van der Waals surface area (Å²) < 4.78 is 132. The first kappa shape index (κ1) is 30.2. The van der Waals surface area contributed by atoms with Crippen LogP contribution in [0.15, 0.2) is 80.2 Å². The molecule has 0 unspecified atom stereocenters. The Morgan fingerprint density at radius 3 is 2.08 bits per heavy atom. The van der Waals surface area contributed by atoms with Crippen LogP contribution >= 0.6 is 11.6 Å². The van der Waals surface area contributed by atoms with Gasteiger partial charge in [0.2, 0.25) is 19.7 Å². The van der Waals surface area contributed by atoms with Gasteiger partial charge in [0.15, 0.2) is 0 Å². The Balaban J connectivity index is 1.75. The fourth-order valence-corrected chi connectivity index (χ4v) is 8.32. The molecular formula is C24H21ClF4N2O6S3. The molecule has 1 atom stereocenters. The van der Waals surface area contributed by atoms with Crippen LogP contribution in [-0.2, 0) is 29.7 Å². The third-order valence-corrected chi connectivity index (χ3v) is 11.3. The molecule has 3 aromatic rings. The van der Waals surface area contributed by atoms with Gasteiger partial charge in [-0.1, -0.05) is 29.8 Å². The first-order valence-electron chi connectivity index (χ1n) is 11.5. The molecule has 40 heavy (non-hydrogen) atoms. The maximum atomic E-state index is 14.9. The van der Waals surface area contributed by atoms with Gasteiger partial charge in [-0.2, -0.15) is 13.2 Å². The van der Waals surface area contributed by atoms with Gasteiger partial charge in [-0.15, -0.1) is 0 Å². The van der Waals surface area contributed by atoms with Crippen molar-refractivity contribution in [3.8, 4) is 0 Å². The third-order valence-electron chi connectivity index (χ3n) is 5.98. The topological polar surface area (TPSA) is 126 Å². The van der Waals surface area contributed by atoms with E-state index in [1.165, 1.54) is 16.9 Å². The van der Waals surface area contributed by atoms with Crippen molar-refractivity contribution in [2.24, 2.45) is 0 Å². The molecular weight excluding hydrogens is 620 g/mol. The number of nitrogens with one attached hydrogen (secondary N) is 2. The zero-order valence-electron chi connectivity index (χ0n) is 20.4. The Kier molecular flexibility index (Phi) is 8.01. The monoisotopic (exact) mass is 640 g/mol. The van der Waals surface area contributed by atoms with E-state index in [0.717, 1.165) is 68.3 Å². The second kappa shape index (κ2) is 10.6. The smallest absolute Gasteiger partial charge is 0.381 e. The fraction of sp³-hybridized carbons (Fsp3) is 0.250. The highest BCUT2D eigenvalue weighted by molar-refractivity contribution is 7.94. The van der Waals surface area contributed by atoms with Crippen molar-refractivity contribution in [1.82, 2.24) is 4.72 Å². The molecule has 0 spiro atoms. The van der Waals surface area contributed by atoms with Gasteiger partial charge in [0.1, 0.15) is 10.7 Å². The van der Waals surface area contributed by atoms with E-state index in [0.29, 0.717) is 0 Å². The lowest BCUT2D eigenvalue weighted by Crippen LogP contribution is -2.37. The molecule has 3 aromatic carbocycles. The summed E-state index contributed by atoms with van der Waals surface area (Å²) in [4.78, 5) is -2.69. The van der Waals surface area contributed by atoms with Gasteiger partial charge in [-0.3, -0.25) is 0 Å². The summed E-state index contributed by atoms with van der Waals surface area (Å²) in [6.45, 7) is 1.12. The zero-order valence-corrected chi connectivity index (χ0v) is 23.6. The molecule has 1 aliphatic rings. The van der Waals surface area contributed by atoms with Crippen LogP contribution in [0.25, 0.3) is 0 Å². The van der Waals surface area contributed by atoms with E-state index in [2.05, 4.69) is 5.32 Å². The number of hydrogen-bond donors (Lipinski definition) is 2. The van der Waals surface area contributed by atoms with E-state index in [9.17, 15) is 42.8 Å². The van der Waals surface area contributed by atoms with Crippen molar-refractivity contribution in [3.63, 3.8) is 0 Å². The average Bonchev–Trinajstić information content (AvgIpc) is 3.67. The molecule has 0 aromatic heterocycles. The number of rotatable bonds is 9. The van der Waals surface area contributed by atoms with Crippen molar-refractivity contribution in [2.75, 3.05) is 5.32 Å². The van der Waals surface area contributed by atoms with E-state index >= 15 is 0 Å². The van der Waals surface area contributed by atoms with E-state index < -0.39 is 66.6 Å². The Morgan fingerprint density at radius 2 is 1.50 bits per heavy atom. The maximum absolute atomic E-state index is 14.9. The molecule has 16 heteroatoms. The van der Waals surface area contributed by atoms with Crippen LogP contribution in [0.3, 0.4) is 0 Å². The molecule has 4 rings (SSSR count). The van der Waals surface area contributed by atoms with Crippen LogP contribution in [0.2, 0.25) is 5.02 Å². The quantitative estimate of drug-likeness (QED) is 0.307. The van der Waals surface area contributed by atoms with Gasteiger partial charge in [0.25, 0.3) is 0 Å². The molecule has 2 N–H and O–H groups in total. The van der Waals surface area contributed by atoms with Crippen molar-refractivity contribution in [3.05, 3.63) is 77.1 Å². The van der Waals surface area contributed by atoms with Gasteiger partial charge < -0.3 is 5.32 Å². The molecule has 0 amide bonds. The maximum Gasteiger partial charge on any atom is 0.511 e. The number of sulfone groups is 2. The summed E-state index contributed by atoms with van der Waals surface area (Å²) in [7, 11) is -15.1. The van der Waals surface area contributed by atoms with Crippen LogP contribution in [0.5, 0.6) is 0 Å². The van der Waals surface area contributed by atoms with Gasteiger partial charge in [-0.05, 0) is 67.8 Å². The molecule has 0 aliphatic heterocycles. The minimum Gasteiger partial charge on any atom is -0.381 e. The van der Waals surface area contributed by atoms with E-state index in [-0.39, 0.29) is 22.3 Å². The van der Waals surface area contributed by atoms with Crippen LogP contribution in [0.4, 0.5) is 23.2 Å². The Morgan fingerprint density at radius 1 is 0.875 bits per heavy atom. The Hall–Kier alpha value is -2.72. The molecule has 8 nitrogen and oxygen atoms in total. The molecule has 0 saturated heterocycles. The Labute approximate surface area is 233 Å². The van der Waals surface area contributed by atoms with Crippen molar-refractivity contribution in [1.29, 1.82) is 0 Å². The number of hydrogen-bond acceptors (Lipinski definition) is 7. The third kappa shape index (κ3) is 5.98. The lowest BCUT2D eigenvalue weighted by atomic mass is 10.1. The summed E-state index contributed by atoms with van der Waals surface area (Å²) >= 11 is 6.02. The summed E-state index contributed by atoms with van der Waals surface area (Å²) in [6, 6.07) is 9.27. The molecule has 1 saturated carbocycles. The standard InChI is InChI=1S/C24H21ClF4N2O6S3/c1-14(31-40(36,37)24(27,28)29)15-5-10-18(11-6-15)38(32,33)21-12-7-16(25)13-22(21)39(34,35)23-19(26)3-2-4-20(23)30-17-8-9-17/h2-7,10-14,17,30-31H,8-9H2,1H3/t14-/m0/s1. The van der Waals surface area contributed by atoms with Gasteiger partial charge in [-0.25, -0.2) is 34.4 Å². The minimum atomic E-state index is -5.67. The van der Waals surface area contributed by atoms with Crippen LogP contribution < -0.4 is 10.0 Å². The second-order valence-electron chi connectivity index (χ2n) is 8.99. The normalized spacial score (nSPS) is 15.6. The molecule has 0 radical (unpaired) electrons. The van der Waals surface area contributed by atoms with Crippen LogP contribution in [-0.4, -0.2) is 36.8 Å². The summed E-state index contributed by atoms with van der Waals surface area (Å²) in [5.74, 6) is -1.10. The Bertz CT molecular complexity index is 1780. The van der Waals surface area contributed by atoms with Gasteiger partial charge >= 0.3 is 15.5 Å². The number of sulfonamides is 1. The molecule has 216 valence electrons. The van der Waals surface area contributed by atoms with E-state index in [1.807, 2.05) is 0 Å². The van der Waals surface area contributed by atoms with Crippen LogP contribution in [0, 0.1) is 5.82 Å². The van der Waals surface area contributed by atoms with E-state index in [1.54, 1.807) is 0 Å². The number of benzene rings is 3. The predicted octanol–water partition coefficient (Wildman–Crippen LogP) is 5.22. The minimum absolute atomic E-state index is 0.00197. The number of halogens is 5. The van der Waals surface area contributed by atoms with E-state index in [4.69, 9.17) is 11.6 Å². The summed E-state index contributed by atoms with van der Waals surface area (Å²) in [5, 5.41) is 2.79. The number of alkyl halides is 3. The SMILES string of the molecule is C[C@H](NS(=O)(=O)C(F)(F)F)c1ccc(S(=O)(=O)c2ccc(Cl)cc2S(=O)(=O)c2c(F)cccc2NC2CC2)cc1. The largest absolute Gasteiger partial charge is 0.511 e. The second-order valence-corrected chi connectivity index (χ2v) is 14.9. The predicted molar refractivity (Wildman–Crippen MR) is 138 cm³/mol. The average molecular weight is 641 g/mol. The lowest BCUT2D eigenvalue weighted by Gasteiger charge is -2.17. The van der Waals surface area contributed by atoms with Crippen molar-refractivity contribution < 1.29 is 42.8 Å². The highest BCUT2D eigenvalue weighted by Gasteiger charge is 2.46. The first-order chi connectivity index (χ1) is 18.4. The molecule has 1 fully saturated rings. The van der Waals surface area contributed by atoms with Gasteiger partial charge in [0.05, 0.1) is 20.4 Å². The fourth-order valence-electron chi connectivity index (χ4n) is 3.80. The zero-order chi connectivity index (χ0) is 29.7. The molecule has 0 heterocycles. The van der Waals surface area contributed by atoms with Crippen molar-refractivity contribution >= 4 is 47.0 Å². The molecule has 0 bridgehead atoms. The van der Waals surface area contributed by atoms with Crippen molar-refractivity contribution in [2.45, 2.75) is 56.9 Å². The van der Waals surface area contributed by atoms with Crippen LogP contribution in [0.1, 0.15) is 31.4 Å².